The van der Waals surface area contributed by atoms with E-state index in [2.05, 4.69) is 0 Å². The second-order valence-corrected chi connectivity index (χ2v) is 6.23. The van der Waals surface area contributed by atoms with E-state index in [0.29, 0.717) is 5.02 Å². The molecule has 1 saturated carbocycles. The summed E-state index contributed by atoms with van der Waals surface area (Å²) in [7, 11) is 0. The standard InChI is InChI=1S/C14H16ClNO3/c1-14(2)8-11(17)7-12(13(14)16(18)19)9-3-5-10(15)6-4-9/h3-6,12-13H,7-8H2,1-2H3/t12-,13+/m1/s1. The fraction of sp³-hybridized carbons (Fsp3) is 0.500. The van der Waals surface area contributed by atoms with Crippen molar-refractivity contribution in [1.82, 2.24) is 0 Å². The number of benzene rings is 1. The Morgan fingerprint density at radius 1 is 1.32 bits per heavy atom. The van der Waals surface area contributed by atoms with Gasteiger partial charge in [0.25, 0.3) is 0 Å². The van der Waals surface area contributed by atoms with Gasteiger partial charge < -0.3 is 0 Å². The third-order valence-corrected chi connectivity index (χ3v) is 4.06. The molecule has 0 saturated heterocycles. The number of hydrogen-bond donors (Lipinski definition) is 0. The molecule has 1 aromatic carbocycles. The summed E-state index contributed by atoms with van der Waals surface area (Å²) in [4.78, 5) is 23.0. The lowest BCUT2D eigenvalue weighted by molar-refractivity contribution is -0.546. The molecule has 1 aromatic rings. The molecule has 0 unspecified atom stereocenters. The van der Waals surface area contributed by atoms with Crippen molar-refractivity contribution in [3.63, 3.8) is 0 Å². The van der Waals surface area contributed by atoms with Crippen LogP contribution >= 0.6 is 11.6 Å². The van der Waals surface area contributed by atoms with E-state index in [1.54, 1.807) is 38.1 Å². The maximum Gasteiger partial charge on any atom is 0.225 e. The zero-order chi connectivity index (χ0) is 14.2. The highest BCUT2D eigenvalue weighted by atomic mass is 35.5. The molecule has 0 aromatic heterocycles. The molecule has 4 nitrogen and oxygen atoms in total. The average molecular weight is 282 g/mol. The molecule has 5 heteroatoms. The zero-order valence-corrected chi connectivity index (χ0v) is 11.7. The molecule has 2 rings (SSSR count). The first-order chi connectivity index (χ1) is 8.81. The SMILES string of the molecule is CC1(C)CC(=O)C[C@H](c2ccc(Cl)cc2)[C@@H]1[N+](=O)[O-]. The first kappa shape index (κ1) is 14.0. The number of carbonyl (C=O) groups is 1. The number of halogens is 1. The summed E-state index contributed by atoms with van der Waals surface area (Å²) >= 11 is 5.83. The van der Waals surface area contributed by atoms with Gasteiger partial charge in [0.05, 0.1) is 5.92 Å². The predicted octanol–water partition coefficient (Wildman–Crippen LogP) is 3.46. The summed E-state index contributed by atoms with van der Waals surface area (Å²) in [6, 6.07) is 6.22. The highest BCUT2D eigenvalue weighted by Crippen LogP contribution is 2.43. The fourth-order valence-corrected chi connectivity index (χ4v) is 3.15. The van der Waals surface area contributed by atoms with Crippen LogP contribution in [0, 0.1) is 15.5 Å². The Morgan fingerprint density at radius 3 is 2.42 bits per heavy atom. The number of ketones is 1. The molecule has 1 aliphatic rings. The van der Waals surface area contributed by atoms with Crippen LogP contribution in [-0.4, -0.2) is 16.7 Å². The van der Waals surface area contributed by atoms with Gasteiger partial charge in [-0.15, -0.1) is 0 Å². The van der Waals surface area contributed by atoms with Gasteiger partial charge in [0.2, 0.25) is 6.04 Å². The maximum absolute atomic E-state index is 11.8. The van der Waals surface area contributed by atoms with Crippen molar-refractivity contribution in [3.8, 4) is 0 Å². The summed E-state index contributed by atoms with van der Waals surface area (Å²) in [5, 5.41) is 12.0. The molecule has 0 radical (unpaired) electrons. The number of nitro groups is 1. The maximum atomic E-state index is 11.8. The molecule has 1 fully saturated rings. The van der Waals surface area contributed by atoms with Crippen LogP contribution in [0.2, 0.25) is 5.02 Å². The van der Waals surface area contributed by atoms with Crippen molar-refractivity contribution in [1.29, 1.82) is 0 Å². The van der Waals surface area contributed by atoms with Crippen LogP contribution in [0.15, 0.2) is 24.3 Å². The monoisotopic (exact) mass is 281 g/mol. The van der Waals surface area contributed by atoms with Gasteiger partial charge in [-0.3, -0.25) is 14.9 Å². The summed E-state index contributed by atoms with van der Waals surface area (Å²) in [6.45, 7) is 3.58. The van der Waals surface area contributed by atoms with E-state index in [1.807, 2.05) is 0 Å². The lowest BCUT2D eigenvalue weighted by Crippen LogP contribution is -2.47. The Kier molecular flexibility index (Phi) is 3.63. The molecule has 0 amide bonds. The second-order valence-electron chi connectivity index (χ2n) is 5.80. The molecular formula is C14H16ClNO3. The van der Waals surface area contributed by atoms with Gasteiger partial charge in [0, 0.05) is 28.2 Å². The Balaban J connectivity index is 2.42. The van der Waals surface area contributed by atoms with E-state index in [0.717, 1.165) is 5.56 Å². The lowest BCUT2D eigenvalue weighted by Gasteiger charge is -2.37. The second kappa shape index (κ2) is 4.93. The van der Waals surface area contributed by atoms with E-state index < -0.39 is 11.5 Å². The first-order valence-electron chi connectivity index (χ1n) is 6.22. The van der Waals surface area contributed by atoms with Crippen LogP contribution in [0.1, 0.15) is 38.2 Å². The average Bonchev–Trinajstić information content (AvgIpc) is 2.26. The van der Waals surface area contributed by atoms with Gasteiger partial charge >= 0.3 is 0 Å². The lowest BCUT2D eigenvalue weighted by atomic mass is 9.66. The molecule has 102 valence electrons. The normalized spacial score (nSPS) is 26.2. The molecular weight excluding hydrogens is 266 g/mol. The van der Waals surface area contributed by atoms with Crippen LogP contribution in [0.5, 0.6) is 0 Å². The van der Waals surface area contributed by atoms with Crippen LogP contribution < -0.4 is 0 Å². The quantitative estimate of drug-likeness (QED) is 0.616. The summed E-state index contributed by atoms with van der Waals surface area (Å²) < 4.78 is 0. The van der Waals surface area contributed by atoms with E-state index in [-0.39, 0.29) is 29.5 Å². The minimum atomic E-state index is -0.744. The van der Waals surface area contributed by atoms with E-state index in [9.17, 15) is 14.9 Å². The fourth-order valence-electron chi connectivity index (χ4n) is 3.03. The molecule has 19 heavy (non-hydrogen) atoms. The molecule has 0 heterocycles. The van der Waals surface area contributed by atoms with Gasteiger partial charge in [0.15, 0.2) is 0 Å². The van der Waals surface area contributed by atoms with Crippen molar-refractivity contribution in [3.05, 3.63) is 45.0 Å². The van der Waals surface area contributed by atoms with Gasteiger partial charge in [-0.25, -0.2) is 0 Å². The van der Waals surface area contributed by atoms with Crippen molar-refractivity contribution in [2.75, 3.05) is 0 Å². The Morgan fingerprint density at radius 2 is 1.89 bits per heavy atom. The summed E-state index contributed by atoms with van der Waals surface area (Å²) in [6.07, 6.45) is 0.499. The molecule has 1 aliphatic carbocycles. The molecule has 2 atom stereocenters. The van der Waals surface area contributed by atoms with Crippen molar-refractivity contribution in [2.45, 2.75) is 38.6 Å². The Hall–Kier alpha value is -1.42. The largest absolute Gasteiger partial charge is 0.300 e. The molecule has 0 bridgehead atoms. The smallest absolute Gasteiger partial charge is 0.225 e. The van der Waals surface area contributed by atoms with E-state index in [1.165, 1.54) is 0 Å². The zero-order valence-electron chi connectivity index (χ0n) is 10.9. The van der Waals surface area contributed by atoms with Gasteiger partial charge in [0.1, 0.15) is 5.78 Å². The first-order valence-corrected chi connectivity index (χ1v) is 6.60. The predicted molar refractivity (Wildman–Crippen MR) is 73.0 cm³/mol. The number of Topliss-reactive ketones (excluding diaryl/α,β-unsaturated/α-hetero) is 1. The Bertz CT molecular complexity index is 510. The minimum Gasteiger partial charge on any atom is -0.300 e. The van der Waals surface area contributed by atoms with Gasteiger partial charge in [-0.2, -0.15) is 0 Å². The molecule has 0 N–H and O–H groups in total. The van der Waals surface area contributed by atoms with Gasteiger partial charge in [-0.05, 0) is 17.7 Å². The Labute approximate surface area is 116 Å². The van der Waals surface area contributed by atoms with Crippen molar-refractivity contribution < 1.29 is 9.72 Å². The number of rotatable bonds is 2. The third-order valence-electron chi connectivity index (χ3n) is 3.81. The van der Waals surface area contributed by atoms with E-state index >= 15 is 0 Å². The number of nitrogens with zero attached hydrogens (tertiary/aromatic N) is 1. The van der Waals surface area contributed by atoms with Crippen molar-refractivity contribution >= 4 is 17.4 Å². The summed E-state index contributed by atoms with van der Waals surface area (Å²) in [5.74, 6) is -0.286. The highest BCUT2D eigenvalue weighted by Gasteiger charge is 2.50. The minimum absolute atomic E-state index is 0.0862. The third kappa shape index (κ3) is 2.78. The number of carbonyl (C=O) groups excluding carboxylic acids is 1. The van der Waals surface area contributed by atoms with Crippen LogP contribution in [-0.2, 0) is 4.79 Å². The van der Waals surface area contributed by atoms with Crippen LogP contribution in [0.25, 0.3) is 0 Å². The van der Waals surface area contributed by atoms with E-state index in [4.69, 9.17) is 11.6 Å². The topological polar surface area (TPSA) is 60.2 Å². The number of hydrogen-bond acceptors (Lipinski definition) is 3. The molecule has 0 spiro atoms. The van der Waals surface area contributed by atoms with Gasteiger partial charge in [-0.1, -0.05) is 37.6 Å². The summed E-state index contributed by atoms with van der Waals surface area (Å²) in [5.41, 5.74) is 0.190. The van der Waals surface area contributed by atoms with Crippen molar-refractivity contribution in [2.24, 2.45) is 5.41 Å². The van der Waals surface area contributed by atoms with Crippen LogP contribution in [0.3, 0.4) is 0 Å². The highest BCUT2D eigenvalue weighted by molar-refractivity contribution is 6.30. The van der Waals surface area contributed by atoms with Crippen LogP contribution in [0.4, 0.5) is 0 Å². The molecule has 0 aliphatic heterocycles.